The van der Waals surface area contributed by atoms with Gasteiger partial charge in [-0.25, -0.2) is 9.40 Å². The SMILES string of the molecule is ClN1CCC(N(c2cccnc2)c2ccc(Br)cn2)CC1. The number of piperidine rings is 1. The summed E-state index contributed by atoms with van der Waals surface area (Å²) in [5.41, 5.74) is 1.07. The standard InChI is InChI=1S/C15H16BrClN4/c16-12-3-4-15(19-10-12)21(14-2-1-7-18-11-14)13-5-8-20(17)9-6-13/h1-4,7,10-11,13H,5-6,8-9H2. The molecule has 6 heteroatoms. The van der Waals surface area contributed by atoms with Gasteiger partial charge in [0, 0.05) is 36.0 Å². The highest BCUT2D eigenvalue weighted by Crippen LogP contribution is 2.30. The number of anilines is 2. The monoisotopic (exact) mass is 366 g/mol. The summed E-state index contributed by atoms with van der Waals surface area (Å²) in [6.45, 7) is 1.78. The maximum Gasteiger partial charge on any atom is 0.133 e. The maximum absolute atomic E-state index is 6.08. The molecular formula is C15H16BrClN4. The van der Waals surface area contributed by atoms with Gasteiger partial charge in [-0.2, -0.15) is 0 Å². The van der Waals surface area contributed by atoms with Crippen molar-refractivity contribution in [1.82, 2.24) is 14.4 Å². The molecule has 110 valence electrons. The molecule has 3 rings (SSSR count). The van der Waals surface area contributed by atoms with Crippen molar-refractivity contribution in [3.05, 3.63) is 47.3 Å². The van der Waals surface area contributed by atoms with E-state index in [0.29, 0.717) is 6.04 Å². The molecule has 0 unspecified atom stereocenters. The van der Waals surface area contributed by atoms with Gasteiger partial charge in [0.2, 0.25) is 0 Å². The first kappa shape index (κ1) is 14.8. The number of rotatable bonds is 3. The second kappa shape index (κ2) is 6.73. The summed E-state index contributed by atoms with van der Waals surface area (Å²) < 4.78 is 2.83. The summed E-state index contributed by atoms with van der Waals surface area (Å²) in [6.07, 6.45) is 7.52. The quantitative estimate of drug-likeness (QED) is 0.768. The predicted octanol–water partition coefficient (Wildman–Crippen LogP) is 4.00. The van der Waals surface area contributed by atoms with Crippen molar-refractivity contribution >= 4 is 39.2 Å². The van der Waals surface area contributed by atoms with Crippen LogP contribution in [0.1, 0.15) is 12.8 Å². The molecule has 0 atom stereocenters. The first-order chi connectivity index (χ1) is 10.2. The molecule has 0 N–H and O–H groups in total. The normalized spacial score (nSPS) is 16.9. The Hall–Kier alpha value is -1.17. The Morgan fingerprint density at radius 2 is 2.00 bits per heavy atom. The maximum atomic E-state index is 6.08. The zero-order chi connectivity index (χ0) is 14.7. The Kier molecular flexibility index (Phi) is 4.73. The van der Waals surface area contributed by atoms with Crippen molar-refractivity contribution in [2.75, 3.05) is 18.0 Å². The number of hydrogen-bond acceptors (Lipinski definition) is 4. The molecule has 2 aromatic rings. The van der Waals surface area contributed by atoms with Crippen LogP contribution in [-0.2, 0) is 0 Å². The van der Waals surface area contributed by atoms with Gasteiger partial charge in [0.1, 0.15) is 5.82 Å². The molecule has 21 heavy (non-hydrogen) atoms. The average Bonchev–Trinajstić information content (AvgIpc) is 2.52. The lowest BCUT2D eigenvalue weighted by Crippen LogP contribution is -2.40. The third-order valence-corrected chi connectivity index (χ3v) is 4.46. The number of hydrogen-bond donors (Lipinski definition) is 0. The molecule has 1 aliphatic heterocycles. The van der Waals surface area contributed by atoms with E-state index in [0.717, 1.165) is 41.9 Å². The Balaban J connectivity index is 1.93. The zero-order valence-electron chi connectivity index (χ0n) is 11.5. The van der Waals surface area contributed by atoms with Gasteiger partial charge >= 0.3 is 0 Å². The van der Waals surface area contributed by atoms with Gasteiger partial charge in [0.15, 0.2) is 0 Å². The van der Waals surface area contributed by atoms with E-state index < -0.39 is 0 Å². The van der Waals surface area contributed by atoms with Crippen LogP contribution >= 0.6 is 27.7 Å². The molecule has 1 fully saturated rings. The molecule has 0 aliphatic carbocycles. The lowest BCUT2D eigenvalue weighted by molar-refractivity contribution is 0.333. The summed E-state index contributed by atoms with van der Waals surface area (Å²) in [4.78, 5) is 11.1. The largest absolute Gasteiger partial charge is 0.322 e. The first-order valence-corrected chi connectivity index (χ1v) is 8.09. The van der Waals surface area contributed by atoms with Crippen LogP contribution in [0.25, 0.3) is 0 Å². The fraction of sp³-hybridized carbons (Fsp3) is 0.333. The fourth-order valence-corrected chi connectivity index (χ4v) is 3.06. The van der Waals surface area contributed by atoms with E-state index in [-0.39, 0.29) is 0 Å². The fourth-order valence-electron chi connectivity index (χ4n) is 2.63. The summed E-state index contributed by atoms with van der Waals surface area (Å²) >= 11 is 9.52. The van der Waals surface area contributed by atoms with Crippen LogP contribution in [0.4, 0.5) is 11.5 Å². The molecule has 0 aromatic carbocycles. The van der Waals surface area contributed by atoms with Gasteiger partial charge in [0.25, 0.3) is 0 Å². The Labute approximate surface area is 138 Å². The van der Waals surface area contributed by atoms with Crippen LogP contribution in [0.2, 0.25) is 0 Å². The van der Waals surface area contributed by atoms with Gasteiger partial charge in [0.05, 0.1) is 11.9 Å². The van der Waals surface area contributed by atoms with Crippen LogP contribution in [0, 0.1) is 0 Å². The lowest BCUT2D eigenvalue weighted by Gasteiger charge is -2.37. The topological polar surface area (TPSA) is 32.3 Å². The van der Waals surface area contributed by atoms with Crippen molar-refractivity contribution in [2.45, 2.75) is 18.9 Å². The Morgan fingerprint density at radius 3 is 2.62 bits per heavy atom. The highest BCUT2D eigenvalue weighted by atomic mass is 79.9. The minimum absolute atomic E-state index is 0.387. The van der Waals surface area contributed by atoms with E-state index >= 15 is 0 Å². The van der Waals surface area contributed by atoms with Crippen LogP contribution in [0.15, 0.2) is 47.3 Å². The number of nitrogens with zero attached hydrogens (tertiary/aromatic N) is 4. The van der Waals surface area contributed by atoms with Gasteiger partial charge in [-0.05, 0) is 64.8 Å². The second-order valence-corrected chi connectivity index (χ2v) is 6.45. The molecular weight excluding hydrogens is 352 g/mol. The molecule has 1 saturated heterocycles. The van der Waals surface area contributed by atoms with E-state index in [9.17, 15) is 0 Å². The third kappa shape index (κ3) is 3.54. The highest BCUT2D eigenvalue weighted by molar-refractivity contribution is 9.10. The van der Waals surface area contributed by atoms with Crippen LogP contribution in [0.3, 0.4) is 0 Å². The molecule has 1 aliphatic rings. The van der Waals surface area contributed by atoms with Crippen LogP contribution in [0.5, 0.6) is 0 Å². The van der Waals surface area contributed by atoms with Crippen molar-refractivity contribution < 1.29 is 0 Å². The molecule has 2 aromatic heterocycles. The number of halogens is 2. The lowest BCUT2D eigenvalue weighted by atomic mass is 10.0. The van der Waals surface area contributed by atoms with E-state index in [1.165, 1.54) is 0 Å². The first-order valence-electron chi connectivity index (χ1n) is 6.95. The summed E-state index contributed by atoms with van der Waals surface area (Å²) in [5.74, 6) is 0.944. The predicted molar refractivity (Wildman–Crippen MR) is 88.8 cm³/mol. The number of aromatic nitrogens is 2. The van der Waals surface area contributed by atoms with E-state index in [4.69, 9.17) is 11.8 Å². The minimum Gasteiger partial charge on any atom is -0.322 e. The van der Waals surface area contributed by atoms with Crippen molar-refractivity contribution in [3.63, 3.8) is 0 Å². The molecule has 3 heterocycles. The Morgan fingerprint density at radius 1 is 1.19 bits per heavy atom. The minimum atomic E-state index is 0.387. The van der Waals surface area contributed by atoms with E-state index in [1.54, 1.807) is 6.20 Å². The van der Waals surface area contributed by atoms with Gasteiger partial charge in [-0.15, -0.1) is 0 Å². The molecule has 0 bridgehead atoms. The summed E-state index contributed by atoms with van der Waals surface area (Å²) in [6, 6.07) is 8.46. The molecule has 4 nitrogen and oxygen atoms in total. The molecule has 0 spiro atoms. The van der Waals surface area contributed by atoms with E-state index in [2.05, 4.69) is 36.9 Å². The van der Waals surface area contributed by atoms with Crippen LogP contribution in [-0.4, -0.2) is 33.5 Å². The second-order valence-electron chi connectivity index (χ2n) is 5.06. The van der Waals surface area contributed by atoms with Gasteiger partial charge < -0.3 is 4.90 Å². The molecule has 0 amide bonds. The highest BCUT2D eigenvalue weighted by Gasteiger charge is 2.26. The van der Waals surface area contributed by atoms with Gasteiger partial charge in [-0.1, -0.05) is 0 Å². The summed E-state index contributed by atoms with van der Waals surface area (Å²) in [7, 11) is 0. The Bertz CT molecular complexity index is 570. The van der Waals surface area contributed by atoms with Crippen molar-refractivity contribution in [3.8, 4) is 0 Å². The summed E-state index contributed by atoms with van der Waals surface area (Å²) in [5, 5.41) is 0. The third-order valence-electron chi connectivity index (χ3n) is 3.66. The zero-order valence-corrected chi connectivity index (χ0v) is 13.8. The molecule has 0 saturated carbocycles. The molecule has 0 radical (unpaired) electrons. The van der Waals surface area contributed by atoms with Crippen molar-refractivity contribution in [1.29, 1.82) is 0 Å². The van der Waals surface area contributed by atoms with E-state index in [1.807, 2.05) is 35.0 Å². The number of pyridine rings is 2. The van der Waals surface area contributed by atoms with Crippen molar-refractivity contribution in [2.24, 2.45) is 0 Å². The van der Waals surface area contributed by atoms with Gasteiger partial charge in [-0.3, -0.25) is 4.98 Å². The smallest absolute Gasteiger partial charge is 0.133 e. The van der Waals surface area contributed by atoms with Crippen LogP contribution < -0.4 is 4.90 Å². The average molecular weight is 368 g/mol.